The lowest BCUT2D eigenvalue weighted by atomic mass is 9.79. The Hall–Kier alpha value is -1.66. The molecule has 5 nitrogen and oxygen atoms in total. The predicted molar refractivity (Wildman–Crippen MR) is 109 cm³/mol. The second kappa shape index (κ2) is 7.40. The van der Waals surface area contributed by atoms with Crippen molar-refractivity contribution in [3.05, 3.63) is 38.8 Å². The monoisotopic (exact) mass is 407 g/mol. The van der Waals surface area contributed by atoms with Crippen molar-refractivity contribution in [3.63, 3.8) is 0 Å². The molecule has 1 atom stereocenters. The summed E-state index contributed by atoms with van der Waals surface area (Å²) in [5, 5.41) is 7.56. The van der Waals surface area contributed by atoms with Gasteiger partial charge in [0.05, 0.1) is 15.4 Å². The van der Waals surface area contributed by atoms with E-state index >= 15 is 0 Å². The van der Waals surface area contributed by atoms with Crippen LogP contribution in [0, 0.1) is 5.41 Å². The van der Waals surface area contributed by atoms with Crippen molar-refractivity contribution < 1.29 is 9.59 Å². The van der Waals surface area contributed by atoms with Crippen LogP contribution in [0.25, 0.3) is 0 Å². The van der Waals surface area contributed by atoms with Crippen molar-refractivity contribution in [3.8, 4) is 0 Å². The van der Waals surface area contributed by atoms with E-state index < -0.39 is 10.8 Å². The number of carbonyl (C=O) groups is 2. The summed E-state index contributed by atoms with van der Waals surface area (Å²) in [5.41, 5.74) is 0.272. The number of halogens is 1. The first-order valence-electron chi connectivity index (χ1n) is 9.28. The molecule has 0 saturated carbocycles. The Morgan fingerprint density at radius 1 is 1.37 bits per heavy atom. The Morgan fingerprint density at radius 2 is 2.11 bits per heavy atom. The van der Waals surface area contributed by atoms with Gasteiger partial charge in [0.2, 0.25) is 5.91 Å². The highest BCUT2D eigenvalue weighted by Crippen LogP contribution is 2.32. The van der Waals surface area contributed by atoms with Crippen LogP contribution >= 0.6 is 22.9 Å². The van der Waals surface area contributed by atoms with Crippen molar-refractivity contribution in [1.82, 2.24) is 15.1 Å². The van der Waals surface area contributed by atoms with Crippen LogP contribution in [-0.2, 0) is 23.1 Å². The van der Waals surface area contributed by atoms with Gasteiger partial charge in [-0.15, -0.1) is 11.3 Å². The summed E-state index contributed by atoms with van der Waals surface area (Å²) in [7, 11) is 0. The third-order valence-electron chi connectivity index (χ3n) is 5.08. The second-order valence-electron chi connectivity index (χ2n) is 8.39. The number of aromatic nitrogens is 2. The maximum absolute atomic E-state index is 13.0. The minimum Gasteiger partial charge on any atom is -0.355 e. The van der Waals surface area contributed by atoms with E-state index in [0.717, 1.165) is 29.3 Å². The first-order valence-corrected chi connectivity index (χ1v) is 10.5. The molecule has 7 heteroatoms. The SMILES string of the molecule is CC(C)(C)C(=O)n1nc(C2(C)CCCNC2=O)cc1CCc1ccc(Cl)s1. The lowest BCUT2D eigenvalue weighted by molar-refractivity contribution is -0.128. The van der Waals surface area contributed by atoms with Crippen molar-refractivity contribution in [2.45, 2.75) is 58.8 Å². The molecule has 1 saturated heterocycles. The standard InChI is InChI=1S/C20H26ClN3O2S/c1-19(2,3)18(26)24-13(6-7-14-8-9-16(21)27-14)12-15(23-24)20(4)10-5-11-22-17(20)25/h8-9,12H,5-7,10-11H2,1-4H3,(H,22,25). The Balaban J connectivity index is 1.95. The largest absolute Gasteiger partial charge is 0.355 e. The Morgan fingerprint density at radius 3 is 2.70 bits per heavy atom. The molecule has 2 aromatic heterocycles. The molecule has 146 valence electrons. The van der Waals surface area contributed by atoms with Crippen LogP contribution in [0.4, 0.5) is 0 Å². The summed E-state index contributed by atoms with van der Waals surface area (Å²) >= 11 is 7.57. The van der Waals surface area contributed by atoms with Crippen LogP contribution in [0.3, 0.4) is 0 Å². The fourth-order valence-electron chi connectivity index (χ4n) is 3.30. The molecule has 3 heterocycles. The van der Waals surface area contributed by atoms with Gasteiger partial charge in [0.15, 0.2) is 0 Å². The van der Waals surface area contributed by atoms with Gasteiger partial charge in [-0.3, -0.25) is 9.59 Å². The number of carbonyl (C=O) groups excluding carboxylic acids is 2. The quantitative estimate of drug-likeness (QED) is 0.824. The molecule has 27 heavy (non-hydrogen) atoms. The zero-order valence-electron chi connectivity index (χ0n) is 16.3. The number of amides is 1. The lowest BCUT2D eigenvalue weighted by Crippen LogP contribution is -2.47. The summed E-state index contributed by atoms with van der Waals surface area (Å²) in [6.45, 7) is 8.26. The first kappa shape index (κ1) is 20.1. The summed E-state index contributed by atoms with van der Waals surface area (Å²) in [6, 6.07) is 5.83. The summed E-state index contributed by atoms with van der Waals surface area (Å²) in [5.74, 6) is -0.0778. The molecule has 3 rings (SSSR count). The molecule has 0 spiro atoms. The van der Waals surface area contributed by atoms with Gasteiger partial charge in [-0.1, -0.05) is 32.4 Å². The number of nitrogens with zero attached hydrogens (tertiary/aromatic N) is 2. The van der Waals surface area contributed by atoms with Crippen LogP contribution < -0.4 is 5.32 Å². The van der Waals surface area contributed by atoms with Crippen molar-refractivity contribution >= 4 is 34.8 Å². The molecule has 1 N–H and O–H groups in total. The molecule has 2 aromatic rings. The maximum Gasteiger partial charge on any atom is 0.252 e. The highest BCUT2D eigenvalue weighted by Gasteiger charge is 2.40. The predicted octanol–water partition coefficient (Wildman–Crippen LogP) is 4.24. The van der Waals surface area contributed by atoms with Gasteiger partial charge < -0.3 is 5.32 Å². The van der Waals surface area contributed by atoms with E-state index in [1.807, 2.05) is 45.9 Å². The lowest BCUT2D eigenvalue weighted by Gasteiger charge is -2.30. The van der Waals surface area contributed by atoms with Gasteiger partial charge in [0.1, 0.15) is 0 Å². The zero-order valence-corrected chi connectivity index (χ0v) is 17.8. The molecule has 1 aliphatic heterocycles. The van der Waals surface area contributed by atoms with Crippen molar-refractivity contribution in [2.24, 2.45) is 5.41 Å². The van der Waals surface area contributed by atoms with Gasteiger partial charge in [-0.25, -0.2) is 4.68 Å². The summed E-state index contributed by atoms with van der Waals surface area (Å²) < 4.78 is 2.27. The molecule has 0 bridgehead atoms. The second-order valence-corrected chi connectivity index (χ2v) is 10.2. The molecule has 1 amide bonds. The highest BCUT2D eigenvalue weighted by molar-refractivity contribution is 7.16. The topological polar surface area (TPSA) is 64.0 Å². The number of rotatable bonds is 4. The molecule has 1 fully saturated rings. The van der Waals surface area contributed by atoms with Crippen LogP contribution in [0.15, 0.2) is 18.2 Å². The van der Waals surface area contributed by atoms with E-state index in [1.54, 1.807) is 11.3 Å². The number of piperidine rings is 1. The Bertz CT molecular complexity index is 865. The maximum atomic E-state index is 13.0. The van der Waals surface area contributed by atoms with Crippen molar-refractivity contribution in [1.29, 1.82) is 0 Å². The molecular formula is C20H26ClN3O2S. The smallest absolute Gasteiger partial charge is 0.252 e. The first-order chi connectivity index (χ1) is 12.6. The van der Waals surface area contributed by atoms with Gasteiger partial charge >= 0.3 is 0 Å². The van der Waals surface area contributed by atoms with E-state index in [0.29, 0.717) is 18.7 Å². The van der Waals surface area contributed by atoms with Crippen LogP contribution in [-0.4, -0.2) is 28.1 Å². The minimum absolute atomic E-state index is 0.0156. The minimum atomic E-state index is -0.692. The highest BCUT2D eigenvalue weighted by atomic mass is 35.5. The Labute approximate surface area is 169 Å². The van der Waals surface area contributed by atoms with Crippen molar-refractivity contribution in [2.75, 3.05) is 6.54 Å². The Kier molecular flexibility index (Phi) is 5.50. The molecule has 1 aliphatic rings. The van der Waals surface area contributed by atoms with E-state index in [-0.39, 0.29) is 11.8 Å². The molecular weight excluding hydrogens is 382 g/mol. The molecule has 1 unspecified atom stereocenters. The third kappa shape index (κ3) is 4.11. The van der Waals surface area contributed by atoms with Crippen LogP contribution in [0.2, 0.25) is 4.34 Å². The number of nitrogens with one attached hydrogen (secondary N) is 1. The number of aryl methyl sites for hydroxylation is 2. The third-order valence-corrected chi connectivity index (χ3v) is 6.37. The number of hydrogen-bond donors (Lipinski definition) is 1. The van der Waals surface area contributed by atoms with Gasteiger partial charge in [0, 0.05) is 22.5 Å². The average Bonchev–Trinajstić information content (AvgIpc) is 3.20. The van der Waals surface area contributed by atoms with Gasteiger partial charge in [0.25, 0.3) is 5.91 Å². The zero-order chi connectivity index (χ0) is 19.8. The van der Waals surface area contributed by atoms with E-state index in [2.05, 4.69) is 10.4 Å². The van der Waals surface area contributed by atoms with Gasteiger partial charge in [-0.05, 0) is 50.8 Å². The van der Waals surface area contributed by atoms with E-state index in [9.17, 15) is 9.59 Å². The average molecular weight is 408 g/mol. The summed E-state index contributed by atoms with van der Waals surface area (Å²) in [4.78, 5) is 26.7. The molecule has 0 radical (unpaired) electrons. The van der Waals surface area contributed by atoms with E-state index in [4.69, 9.17) is 11.6 Å². The fraction of sp³-hybridized carbons (Fsp3) is 0.550. The van der Waals surface area contributed by atoms with Gasteiger partial charge in [-0.2, -0.15) is 5.10 Å². The molecule has 0 aromatic carbocycles. The van der Waals surface area contributed by atoms with Crippen LogP contribution in [0.1, 0.15) is 61.6 Å². The molecule has 0 aliphatic carbocycles. The number of hydrogen-bond acceptors (Lipinski definition) is 4. The van der Waals surface area contributed by atoms with Crippen LogP contribution in [0.5, 0.6) is 0 Å². The number of thiophene rings is 1. The van der Waals surface area contributed by atoms with E-state index in [1.165, 1.54) is 9.56 Å². The normalized spacial score (nSPS) is 20.6. The fourth-order valence-corrected chi connectivity index (χ4v) is 4.38. The summed E-state index contributed by atoms with van der Waals surface area (Å²) in [6.07, 6.45) is 3.09.